The van der Waals surface area contributed by atoms with Crippen LogP contribution in [0.25, 0.3) is 6.08 Å². The summed E-state index contributed by atoms with van der Waals surface area (Å²) in [5, 5.41) is 12.2. The molecule has 0 radical (unpaired) electrons. The lowest BCUT2D eigenvalue weighted by Crippen LogP contribution is -2.16. The summed E-state index contributed by atoms with van der Waals surface area (Å²) < 4.78 is 26.9. The lowest BCUT2D eigenvalue weighted by atomic mass is 10.1. The van der Waals surface area contributed by atoms with Crippen molar-refractivity contribution < 1.29 is 28.5 Å². The Morgan fingerprint density at radius 2 is 1.76 bits per heavy atom. The van der Waals surface area contributed by atoms with E-state index in [1.807, 2.05) is 6.07 Å². The summed E-state index contributed by atoms with van der Waals surface area (Å²) in [6.07, 6.45) is 1.46. The molecule has 29 heavy (non-hydrogen) atoms. The van der Waals surface area contributed by atoms with Gasteiger partial charge in [0.2, 0.25) is 5.75 Å². The molecular weight excluding hydrogens is 376 g/mol. The number of hydrogen-bond acceptors (Lipinski definition) is 7. The molecule has 2 aromatic rings. The SMILES string of the molecule is COc1ccc(NC(=O)/C(C#N)=C/c2cc(OC)c3c(c2)OCCO3)cc1OC. The first-order valence-corrected chi connectivity index (χ1v) is 8.72. The Labute approximate surface area is 168 Å². The van der Waals surface area contributed by atoms with E-state index in [1.54, 1.807) is 30.3 Å². The van der Waals surface area contributed by atoms with Gasteiger partial charge < -0.3 is 29.0 Å². The van der Waals surface area contributed by atoms with E-state index in [0.29, 0.717) is 53.2 Å². The van der Waals surface area contributed by atoms with Crippen LogP contribution in [0.15, 0.2) is 35.9 Å². The second-order valence-corrected chi connectivity index (χ2v) is 5.94. The summed E-state index contributed by atoms with van der Waals surface area (Å²) in [5.41, 5.74) is 0.956. The molecule has 0 aromatic heterocycles. The average molecular weight is 396 g/mol. The van der Waals surface area contributed by atoms with Gasteiger partial charge >= 0.3 is 0 Å². The predicted molar refractivity (Wildman–Crippen MR) is 106 cm³/mol. The summed E-state index contributed by atoms with van der Waals surface area (Å²) in [6.45, 7) is 0.837. The number of nitriles is 1. The number of amides is 1. The van der Waals surface area contributed by atoms with E-state index in [9.17, 15) is 10.1 Å². The fourth-order valence-corrected chi connectivity index (χ4v) is 2.80. The standard InChI is InChI=1S/C21H20N2O6/c1-25-16-5-4-15(11-17(16)26-2)23-21(24)14(12-22)8-13-9-18(27-3)20-19(10-13)28-6-7-29-20/h4-5,8-11H,6-7H2,1-3H3,(H,23,24)/b14-8+. The third-order valence-corrected chi connectivity index (χ3v) is 4.17. The number of nitrogens with zero attached hydrogens (tertiary/aromatic N) is 1. The number of rotatable bonds is 6. The van der Waals surface area contributed by atoms with Crippen molar-refractivity contribution in [2.75, 3.05) is 39.9 Å². The Morgan fingerprint density at radius 3 is 2.45 bits per heavy atom. The van der Waals surface area contributed by atoms with E-state index in [0.717, 1.165) is 0 Å². The highest BCUT2D eigenvalue weighted by Gasteiger charge is 2.19. The van der Waals surface area contributed by atoms with Gasteiger partial charge in [-0.3, -0.25) is 4.79 Å². The van der Waals surface area contributed by atoms with Crippen molar-refractivity contribution in [1.82, 2.24) is 0 Å². The van der Waals surface area contributed by atoms with Crippen molar-refractivity contribution in [3.8, 4) is 34.8 Å². The molecule has 1 aliphatic rings. The van der Waals surface area contributed by atoms with Gasteiger partial charge in [-0.25, -0.2) is 0 Å². The van der Waals surface area contributed by atoms with Crippen LogP contribution >= 0.6 is 0 Å². The molecular formula is C21H20N2O6. The molecule has 0 aliphatic carbocycles. The zero-order valence-electron chi connectivity index (χ0n) is 16.3. The lowest BCUT2D eigenvalue weighted by molar-refractivity contribution is -0.112. The van der Waals surface area contributed by atoms with Crippen LogP contribution in [0.4, 0.5) is 5.69 Å². The first kappa shape index (κ1) is 19.9. The monoisotopic (exact) mass is 396 g/mol. The van der Waals surface area contributed by atoms with E-state index in [4.69, 9.17) is 23.7 Å². The molecule has 1 aliphatic heterocycles. The van der Waals surface area contributed by atoms with Crippen LogP contribution in [0.2, 0.25) is 0 Å². The van der Waals surface area contributed by atoms with Crippen molar-refractivity contribution in [3.05, 3.63) is 41.5 Å². The Balaban J connectivity index is 1.87. The topological polar surface area (TPSA) is 99.0 Å². The van der Waals surface area contributed by atoms with Crippen LogP contribution < -0.4 is 29.0 Å². The summed E-state index contributed by atoms with van der Waals surface area (Å²) in [7, 11) is 4.53. The number of hydrogen-bond donors (Lipinski definition) is 1. The Bertz CT molecular complexity index is 976. The van der Waals surface area contributed by atoms with Crippen molar-refractivity contribution in [1.29, 1.82) is 5.26 Å². The van der Waals surface area contributed by atoms with Crippen molar-refractivity contribution in [2.45, 2.75) is 0 Å². The van der Waals surface area contributed by atoms with Crippen LogP contribution in [-0.4, -0.2) is 40.5 Å². The maximum Gasteiger partial charge on any atom is 0.266 e. The molecule has 150 valence electrons. The fraction of sp³-hybridized carbons (Fsp3) is 0.238. The molecule has 0 saturated carbocycles. The van der Waals surface area contributed by atoms with Gasteiger partial charge in [0.25, 0.3) is 5.91 Å². The zero-order chi connectivity index (χ0) is 20.8. The Hall–Kier alpha value is -3.86. The number of benzene rings is 2. The van der Waals surface area contributed by atoms with Crippen LogP contribution in [-0.2, 0) is 4.79 Å². The predicted octanol–water partition coefficient (Wildman–Crippen LogP) is 3.03. The largest absolute Gasteiger partial charge is 0.493 e. The number of ether oxygens (including phenoxy) is 5. The van der Waals surface area contributed by atoms with E-state index >= 15 is 0 Å². The maximum atomic E-state index is 12.6. The fourth-order valence-electron chi connectivity index (χ4n) is 2.80. The van der Waals surface area contributed by atoms with Gasteiger partial charge in [-0.15, -0.1) is 0 Å². The lowest BCUT2D eigenvalue weighted by Gasteiger charge is -2.21. The number of carbonyl (C=O) groups excluding carboxylic acids is 1. The summed E-state index contributed by atoms with van der Waals surface area (Å²) in [5.74, 6) is 1.90. The zero-order valence-corrected chi connectivity index (χ0v) is 16.3. The molecule has 1 heterocycles. The van der Waals surface area contributed by atoms with Crippen LogP contribution in [0.3, 0.4) is 0 Å². The van der Waals surface area contributed by atoms with E-state index < -0.39 is 5.91 Å². The molecule has 0 saturated heterocycles. The van der Waals surface area contributed by atoms with Gasteiger partial charge in [-0.1, -0.05) is 0 Å². The maximum absolute atomic E-state index is 12.6. The molecule has 2 aromatic carbocycles. The van der Waals surface area contributed by atoms with E-state index in [1.165, 1.54) is 27.4 Å². The minimum Gasteiger partial charge on any atom is -0.493 e. The molecule has 8 nitrogen and oxygen atoms in total. The molecule has 0 spiro atoms. The Morgan fingerprint density at radius 1 is 1.03 bits per heavy atom. The Kier molecular flexibility index (Phi) is 6.09. The highest BCUT2D eigenvalue weighted by Crippen LogP contribution is 2.40. The average Bonchev–Trinajstić information content (AvgIpc) is 2.76. The molecule has 1 N–H and O–H groups in total. The quantitative estimate of drug-likeness (QED) is 0.592. The smallest absolute Gasteiger partial charge is 0.266 e. The van der Waals surface area contributed by atoms with Crippen molar-refractivity contribution in [3.63, 3.8) is 0 Å². The first-order valence-electron chi connectivity index (χ1n) is 8.72. The van der Waals surface area contributed by atoms with Gasteiger partial charge in [-0.05, 0) is 35.9 Å². The molecule has 8 heteroatoms. The third-order valence-electron chi connectivity index (χ3n) is 4.17. The molecule has 0 fully saturated rings. The summed E-state index contributed by atoms with van der Waals surface area (Å²) in [6, 6.07) is 10.2. The highest BCUT2D eigenvalue weighted by molar-refractivity contribution is 6.09. The van der Waals surface area contributed by atoms with Crippen molar-refractivity contribution in [2.24, 2.45) is 0 Å². The number of anilines is 1. The second-order valence-electron chi connectivity index (χ2n) is 5.94. The van der Waals surface area contributed by atoms with Crippen LogP contribution in [0.1, 0.15) is 5.56 Å². The molecule has 1 amide bonds. The first-order chi connectivity index (χ1) is 14.1. The van der Waals surface area contributed by atoms with E-state index in [2.05, 4.69) is 5.32 Å². The minimum absolute atomic E-state index is 0.0847. The van der Waals surface area contributed by atoms with Gasteiger partial charge in [0.1, 0.15) is 24.9 Å². The number of nitrogens with one attached hydrogen (secondary N) is 1. The summed E-state index contributed by atoms with van der Waals surface area (Å²) >= 11 is 0. The van der Waals surface area contributed by atoms with Crippen LogP contribution in [0.5, 0.6) is 28.7 Å². The van der Waals surface area contributed by atoms with Gasteiger partial charge in [0, 0.05) is 11.8 Å². The second kappa shape index (κ2) is 8.89. The third kappa shape index (κ3) is 4.35. The van der Waals surface area contributed by atoms with Crippen molar-refractivity contribution >= 4 is 17.7 Å². The van der Waals surface area contributed by atoms with E-state index in [-0.39, 0.29) is 5.57 Å². The van der Waals surface area contributed by atoms with Gasteiger partial charge in [0.05, 0.1) is 21.3 Å². The van der Waals surface area contributed by atoms with Gasteiger partial charge in [0.15, 0.2) is 23.0 Å². The van der Waals surface area contributed by atoms with Crippen LogP contribution in [0, 0.1) is 11.3 Å². The summed E-state index contributed by atoms with van der Waals surface area (Å²) in [4.78, 5) is 12.6. The number of fused-ring (bicyclic) bond motifs is 1. The number of carbonyl (C=O) groups is 1. The normalized spacial score (nSPS) is 12.6. The van der Waals surface area contributed by atoms with Gasteiger partial charge in [-0.2, -0.15) is 5.26 Å². The molecule has 0 atom stereocenters. The molecule has 3 rings (SSSR count). The number of methoxy groups -OCH3 is 3. The molecule has 0 bridgehead atoms. The minimum atomic E-state index is -0.562. The molecule has 0 unspecified atom stereocenters. The highest BCUT2D eigenvalue weighted by atomic mass is 16.6.